The molecule has 0 radical (unpaired) electrons. The maximum absolute atomic E-state index is 2.63. The Morgan fingerprint density at radius 2 is 1.38 bits per heavy atom. The smallest absolute Gasteiger partial charge is 0.0426 e. The molecular formula is C22H26N2. The van der Waals surface area contributed by atoms with Gasteiger partial charge in [0.05, 0.1) is 0 Å². The van der Waals surface area contributed by atoms with E-state index < -0.39 is 0 Å². The highest BCUT2D eigenvalue weighted by Gasteiger charge is 2.25. The quantitative estimate of drug-likeness (QED) is 0.822. The fraction of sp³-hybridized carbons (Fsp3) is 0.364. The maximum atomic E-state index is 2.63. The van der Waals surface area contributed by atoms with Crippen LogP contribution in [0.2, 0.25) is 0 Å². The summed E-state index contributed by atoms with van der Waals surface area (Å²) in [5.41, 5.74) is 6.17. The van der Waals surface area contributed by atoms with E-state index in [1.807, 2.05) is 0 Å². The van der Waals surface area contributed by atoms with Crippen LogP contribution in [0.1, 0.15) is 30.4 Å². The van der Waals surface area contributed by atoms with Gasteiger partial charge in [0, 0.05) is 44.8 Å². The van der Waals surface area contributed by atoms with Crippen LogP contribution in [0.3, 0.4) is 0 Å². The van der Waals surface area contributed by atoms with Crippen molar-refractivity contribution >= 4 is 0 Å². The summed E-state index contributed by atoms with van der Waals surface area (Å²) in [6.45, 7) is 5.69. The lowest BCUT2D eigenvalue weighted by atomic mass is 9.95. The van der Waals surface area contributed by atoms with Crippen molar-refractivity contribution in [3.05, 3.63) is 83.1 Å². The van der Waals surface area contributed by atoms with Gasteiger partial charge < -0.3 is 4.90 Å². The van der Waals surface area contributed by atoms with Crippen LogP contribution in [-0.4, -0.2) is 29.4 Å². The summed E-state index contributed by atoms with van der Waals surface area (Å²) in [5.74, 6) is 0. The van der Waals surface area contributed by atoms with Crippen molar-refractivity contribution in [3.63, 3.8) is 0 Å². The summed E-state index contributed by atoms with van der Waals surface area (Å²) in [7, 11) is 0. The van der Waals surface area contributed by atoms with Gasteiger partial charge >= 0.3 is 0 Å². The molecule has 4 rings (SSSR count). The first-order valence-corrected chi connectivity index (χ1v) is 9.14. The van der Waals surface area contributed by atoms with Crippen LogP contribution in [0.25, 0.3) is 0 Å². The molecule has 0 saturated carbocycles. The Morgan fingerprint density at radius 3 is 2.08 bits per heavy atom. The Labute approximate surface area is 145 Å². The Morgan fingerprint density at radius 1 is 0.708 bits per heavy atom. The zero-order valence-corrected chi connectivity index (χ0v) is 14.3. The zero-order chi connectivity index (χ0) is 16.2. The minimum absolute atomic E-state index is 1.07. The summed E-state index contributed by atoms with van der Waals surface area (Å²) in [6.07, 6.45) is 3.78. The molecule has 2 heterocycles. The van der Waals surface area contributed by atoms with E-state index in [2.05, 4.69) is 70.5 Å². The molecule has 2 aromatic carbocycles. The molecule has 0 amide bonds. The van der Waals surface area contributed by atoms with E-state index in [0.717, 1.165) is 19.6 Å². The van der Waals surface area contributed by atoms with Gasteiger partial charge in [-0.3, -0.25) is 4.90 Å². The van der Waals surface area contributed by atoms with Gasteiger partial charge in [0.15, 0.2) is 0 Å². The number of nitrogens with zero attached hydrogens (tertiary/aromatic N) is 2. The molecule has 0 atom stereocenters. The van der Waals surface area contributed by atoms with Gasteiger partial charge in [0.25, 0.3) is 0 Å². The highest BCUT2D eigenvalue weighted by atomic mass is 15.2. The highest BCUT2D eigenvalue weighted by Crippen LogP contribution is 2.31. The summed E-state index contributed by atoms with van der Waals surface area (Å²) in [6, 6.07) is 21.8. The zero-order valence-electron chi connectivity index (χ0n) is 14.3. The van der Waals surface area contributed by atoms with E-state index >= 15 is 0 Å². The maximum Gasteiger partial charge on any atom is 0.0426 e. The lowest BCUT2D eigenvalue weighted by molar-refractivity contribution is 0.214. The van der Waals surface area contributed by atoms with Gasteiger partial charge in [-0.2, -0.15) is 0 Å². The van der Waals surface area contributed by atoms with Gasteiger partial charge in [0.1, 0.15) is 0 Å². The van der Waals surface area contributed by atoms with Crippen LogP contribution in [0, 0.1) is 0 Å². The van der Waals surface area contributed by atoms with Gasteiger partial charge in [-0.1, -0.05) is 60.7 Å². The largest absolute Gasteiger partial charge is 0.370 e. The number of hydrogen-bond acceptors (Lipinski definition) is 2. The molecule has 0 fully saturated rings. The molecule has 0 N–H and O–H groups in total. The van der Waals surface area contributed by atoms with Crippen LogP contribution < -0.4 is 0 Å². The molecule has 2 aromatic rings. The summed E-state index contributed by atoms with van der Waals surface area (Å²) in [4.78, 5) is 5.24. The average Bonchev–Trinajstić information content (AvgIpc) is 2.63. The Kier molecular flexibility index (Phi) is 4.66. The molecule has 0 aromatic heterocycles. The standard InChI is InChI=1S/C22H26N2/c1-3-8-19(9-4-1)16-23-15-13-22-21(18-23)12-7-14-24(22)17-20-10-5-2-6-11-20/h1-6,8-11H,7,12-18H2. The number of rotatable bonds is 4. The SMILES string of the molecule is c1ccc(CN2CCC3=C(CCCN3Cc3ccccc3)C2)cc1. The first-order valence-electron chi connectivity index (χ1n) is 9.14. The van der Waals surface area contributed by atoms with Crippen LogP contribution in [0.5, 0.6) is 0 Å². The minimum Gasteiger partial charge on any atom is -0.370 e. The molecule has 0 bridgehead atoms. The molecule has 0 unspecified atom stereocenters. The van der Waals surface area contributed by atoms with E-state index in [1.165, 1.54) is 43.5 Å². The summed E-state index contributed by atoms with van der Waals surface area (Å²) >= 11 is 0. The predicted molar refractivity (Wildman–Crippen MR) is 99.4 cm³/mol. The van der Waals surface area contributed by atoms with Gasteiger partial charge in [-0.15, -0.1) is 0 Å². The Bertz CT molecular complexity index is 690. The topological polar surface area (TPSA) is 6.48 Å². The molecule has 2 nitrogen and oxygen atoms in total. The molecule has 0 spiro atoms. The molecule has 24 heavy (non-hydrogen) atoms. The first kappa shape index (κ1) is 15.5. The normalized spacial score (nSPS) is 18.6. The van der Waals surface area contributed by atoms with E-state index in [-0.39, 0.29) is 0 Å². The van der Waals surface area contributed by atoms with Crippen molar-refractivity contribution in [2.75, 3.05) is 19.6 Å². The highest BCUT2D eigenvalue weighted by molar-refractivity contribution is 5.24. The molecule has 0 aliphatic carbocycles. The van der Waals surface area contributed by atoms with E-state index in [9.17, 15) is 0 Å². The van der Waals surface area contributed by atoms with Crippen LogP contribution in [-0.2, 0) is 13.1 Å². The third-order valence-corrected chi connectivity index (χ3v) is 5.24. The summed E-state index contributed by atoms with van der Waals surface area (Å²) in [5, 5.41) is 0. The molecule has 0 saturated heterocycles. The molecule has 2 heteroatoms. The van der Waals surface area contributed by atoms with Crippen molar-refractivity contribution in [3.8, 4) is 0 Å². The predicted octanol–water partition coefficient (Wildman–Crippen LogP) is 4.44. The van der Waals surface area contributed by atoms with Crippen molar-refractivity contribution in [1.29, 1.82) is 0 Å². The van der Waals surface area contributed by atoms with Gasteiger partial charge in [0.2, 0.25) is 0 Å². The van der Waals surface area contributed by atoms with Crippen LogP contribution in [0.15, 0.2) is 71.9 Å². The average molecular weight is 318 g/mol. The molecule has 2 aliphatic rings. The fourth-order valence-corrected chi connectivity index (χ4v) is 4.06. The van der Waals surface area contributed by atoms with Crippen molar-refractivity contribution in [2.24, 2.45) is 0 Å². The first-order chi connectivity index (χ1) is 11.9. The molecule has 2 aliphatic heterocycles. The van der Waals surface area contributed by atoms with Gasteiger partial charge in [-0.25, -0.2) is 0 Å². The lowest BCUT2D eigenvalue weighted by Crippen LogP contribution is -2.39. The van der Waals surface area contributed by atoms with Crippen molar-refractivity contribution < 1.29 is 0 Å². The van der Waals surface area contributed by atoms with E-state index in [1.54, 1.807) is 11.3 Å². The Balaban J connectivity index is 1.45. The minimum atomic E-state index is 1.07. The van der Waals surface area contributed by atoms with E-state index in [0.29, 0.717) is 0 Å². The van der Waals surface area contributed by atoms with E-state index in [4.69, 9.17) is 0 Å². The van der Waals surface area contributed by atoms with Crippen molar-refractivity contribution in [1.82, 2.24) is 9.80 Å². The molecule has 124 valence electrons. The van der Waals surface area contributed by atoms with Crippen LogP contribution >= 0.6 is 0 Å². The number of hydrogen-bond donors (Lipinski definition) is 0. The second-order valence-corrected chi connectivity index (χ2v) is 7.01. The molecular weight excluding hydrogens is 292 g/mol. The second-order valence-electron chi connectivity index (χ2n) is 7.01. The second kappa shape index (κ2) is 7.23. The monoisotopic (exact) mass is 318 g/mol. The third-order valence-electron chi connectivity index (χ3n) is 5.24. The lowest BCUT2D eigenvalue weighted by Gasteiger charge is -2.40. The Hall–Kier alpha value is -2.06. The third kappa shape index (κ3) is 3.54. The summed E-state index contributed by atoms with van der Waals surface area (Å²) < 4.78 is 0. The van der Waals surface area contributed by atoms with Gasteiger partial charge in [-0.05, 0) is 29.5 Å². The number of benzene rings is 2. The fourth-order valence-electron chi connectivity index (χ4n) is 4.06. The van der Waals surface area contributed by atoms with Crippen molar-refractivity contribution in [2.45, 2.75) is 32.4 Å². The van der Waals surface area contributed by atoms with Crippen LogP contribution in [0.4, 0.5) is 0 Å².